The molecule has 1 aromatic carbocycles. The van der Waals surface area contributed by atoms with E-state index in [-0.39, 0.29) is 30.9 Å². The van der Waals surface area contributed by atoms with Gasteiger partial charge in [0, 0.05) is 12.7 Å². The Hall–Kier alpha value is -2.29. The molecule has 3 aliphatic heterocycles. The zero-order valence-electron chi connectivity index (χ0n) is 22.3. The molecule has 0 radical (unpaired) electrons. The van der Waals surface area contributed by atoms with Gasteiger partial charge >= 0.3 is 0 Å². The summed E-state index contributed by atoms with van der Waals surface area (Å²) in [5.41, 5.74) is 7.45. The van der Waals surface area contributed by atoms with E-state index in [9.17, 15) is 14.4 Å². The van der Waals surface area contributed by atoms with Crippen LogP contribution in [-0.2, 0) is 19.1 Å². The highest BCUT2D eigenvalue weighted by Gasteiger charge is 2.54. The van der Waals surface area contributed by atoms with Crippen molar-refractivity contribution in [3.05, 3.63) is 34.9 Å². The van der Waals surface area contributed by atoms with Crippen LogP contribution in [0.4, 0.5) is 0 Å². The number of ether oxygens (including phenoxy) is 2. The number of methoxy groups -OCH3 is 1. The van der Waals surface area contributed by atoms with Crippen LogP contribution in [0.5, 0.6) is 0 Å². The van der Waals surface area contributed by atoms with Gasteiger partial charge in [0.25, 0.3) is 0 Å². The molecule has 3 heterocycles. The molecule has 2 N–H and O–H groups in total. The lowest BCUT2D eigenvalue weighted by atomic mass is 9.72. The molecule has 0 aliphatic carbocycles. The predicted octanol–water partition coefficient (Wildman–Crippen LogP) is 2.70. The van der Waals surface area contributed by atoms with Gasteiger partial charge in [0.15, 0.2) is 5.78 Å². The highest BCUT2D eigenvalue weighted by atomic mass is 16.5. The average molecular weight is 500 g/mol. The number of carbonyl (C=O) groups excluding carboxylic acids is 3. The third kappa shape index (κ3) is 5.08. The molecule has 8 heteroatoms. The number of benzene rings is 1. The van der Waals surface area contributed by atoms with E-state index in [4.69, 9.17) is 15.2 Å². The molecule has 198 valence electrons. The lowest BCUT2D eigenvalue weighted by molar-refractivity contribution is -0.140. The molecule has 2 amide bonds. The van der Waals surface area contributed by atoms with Crippen LogP contribution < -0.4 is 5.73 Å². The van der Waals surface area contributed by atoms with Crippen molar-refractivity contribution in [2.24, 2.45) is 11.1 Å². The number of rotatable bonds is 7. The predicted molar refractivity (Wildman–Crippen MR) is 137 cm³/mol. The van der Waals surface area contributed by atoms with Crippen LogP contribution in [0.2, 0.25) is 0 Å². The van der Waals surface area contributed by atoms with E-state index < -0.39 is 29.4 Å². The van der Waals surface area contributed by atoms with Gasteiger partial charge in [-0.3, -0.25) is 14.4 Å². The molecule has 1 aromatic rings. The van der Waals surface area contributed by atoms with Crippen molar-refractivity contribution >= 4 is 17.6 Å². The number of carbonyl (C=O) groups is 3. The maximum atomic E-state index is 14.2. The van der Waals surface area contributed by atoms with Gasteiger partial charge in [-0.1, -0.05) is 39.8 Å². The normalized spacial score (nSPS) is 26.3. The Balaban J connectivity index is 1.70. The Morgan fingerprint density at radius 3 is 2.50 bits per heavy atom. The number of primary amides is 1. The number of likely N-dealkylation sites (tertiary alicyclic amines) is 2. The Kier molecular flexibility index (Phi) is 7.88. The SMILES string of the molecule is CCCN1CCC(c2ccc(C(N)=O)c([C@@H](C(=O)N3C[C@H](OC)[C@H]4OCC(=O)[C@H]43)C(C)(C)C)c2)CC1. The van der Waals surface area contributed by atoms with Gasteiger partial charge in [0.05, 0.1) is 12.5 Å². The van der Waals surface area contributed by atoms with Crippen LogP contribution in [0.15, 0.2) is 18.2 Å². The summed E-state index contributed by atoms with van der Waals surface area (Å²) in [4.78, 5) is 43.6. The number of hydrogen-bond donors (Lipinski definition) is 1. The third-order valence-electron chi connectivity index (χ3n) is 8.09. The lowest BCUT2D eigenvalue weighted by Gasteiger charge is -2.36. The van der Waals surface area contributed by atoms with Crippen molar-refractivity contribution in [3.8, 4) is 0 Å². The van der Waals surface area contributed by atoms with Gasteiger partial charge in [0.2, 0.25) is 11.8 Å². The maximum Gasteiger partial charge on any atom is 0.249 e. The summed E-state index contributed by atoms with van der Waals surface area (Å²) in [7, 11) is 1.57. The number of piperidine rings is 1. The zero-order valence-corrected chi connectivity index (χ0v) is 22.3. The number of nitrogens with zero attached hydrogens (tertiary/aromatic N) is 2. The summed E-state index contributed by atoms with van der Waals surface area (Å²) in [6.07, 6.45) is 2.41. The van der Waals surface area contributed by atoms with E-state index in [1.54, 1.807) is 18.1 Å². The van der Waals surface area contributed by atoms with Crippen molar-refractivity contribution < 1.29 is 23.9 Å². The first-order valence-corrected chi connectivity index (χ1v) is 13.2. The van der Waals surface area contributed by atoms with E-state index in [0.717, 1.165) is 44.5 Å². The second-order valence-corrected chi connectivity index (χ2v) is 11.6. The minimum atomic E-state index is -0.657. The number of hydrogen-bond acceptors (Lipinski definition) is 6. The zero-order chi connectivity index (χ0) is 26.2. The van der Waals surface area contributed by atoms with Crippen molar-refractivity contribution in [2.45, 2.75) is 77.0 Å². The van der Waals surface area contributed by atoms with Crippen molar-refractivity contribution in [1.29, 1.82) is 0 Å². The molecule has 4 rings (SSSR count). The first-order chi connectivity index (χ1) is 17.1. The van der Waals surface area contributed by atoms with Gasteiger partial charge < -0.3 is 25.0 Å². The van der Waals surface area contributed by atoms with Crippen molar-refractivity contribution in [3.63, 3.8) is 0 Å². The molecule has 0 spiro atoms. The van der Waals surface area contributed by atoms with Crippen LogP contribution in [0.1, 0.15) is 80.3 Å². The number of Topliss-reactive ketones (excluding diaryl/α,β-unsaturated/α-hetero) is 1. The largest absolute Gasteiger partial charge is 0.377 e. The molecule has 4 atom stereocenters. The lowest BCUT2D eigenvalue weighted by Crippen LogP contribution is -2.47. The maximum absolute atomic E-state index is 14.2. The first kappa shape index (κ1) is 26.8. The highest BCUT2D eigenvalue weighted by molar-refractivity contribution is 5.99. The molecule has 0 aromatic heterocycles. The Labute approximate surface area is 214 Å². The molecule has 0 unspecified atom stereocenters. The molecule has 3 saturated heterocycles. The standard InChI is InChI=1S/C28H41N3O5/c1-6-11-30-12-9-17(10-13-30)18-7-8-19(26(29)33)20(14-18)23(28(2,3)4)27(34)31-15-22(35-5)25-24(31)21(32)16-36-25/h7-8,14,17,22-25H,6,9-13,15-16H2,1-5H3,(H2,29,33)/t22-,23-,24+,25+/m0/s1. The molecular formula is C28H41N3O5. The van der Waals surface area contributed by atoms with Crippen LogP contribution >= 0.6 is 0 Å². The second kappa shape index (κ2) is 10.6. The fraction of sp³-hybridized carbons (Fsp3) is 0.679. The van der Waals surface area contributed by atoms with Crippen molar-refractivity contribution in [2.75, 3.05) is 39.9 Å². The Morgan fingerprint density at radius 1 is 1.22 bits per heavy atom. The van der Waals surface area contributed by atoms with Crippen LogP contribution in [0, 0.1) is 5.41 Å². The quantitative estimate of drug-likeness (QED) is 0.619. The van der Waals surface area contributed by atoms with E-state index in [1.165, 1.54) is 0 Å². The summed E-state index contributed by atoms with van der Waals surface area (Å²) < 4.78 is 11.2. The van der Waals surface area contributed by atoms with Crippen LogP contribution in [0.3, 0.4) is 0 Å². The molecule has 0 saturated carbocycles. The Bertz CT molecular complexity index is 995. The van der Waals surface area contributed by atoms with Gasteiger partial charge in [-0.25, -0.2) is 0 Å². The minimum absolute atomic E-state index is 0.0160. The van der Waals surface area contributed by atoms with E-state index in [0.29, 0.717) is 17.0 Å². The molecule has 8 nitrogen and oxygen atoms in total. The number of nitrogens with two attached hydrogens (primary N) is 1. The topological polar surface area (TPSA) is 102 Å². The molecule has 3 aliphatic rings. The average Bonchev–Trinajstić information content (AvgIpc) is 3.39. The molecule has 0 bridgehead atoms. The summed E-state index contributed by atoms with van der Waals surface area (Å²) in [5, 5.41) is 0. The minimum Gasteiger partial charge on any atom is -0.377 e. The van der Waals surface area contributed by atoms with Gasteiger partial charge in [-0.15, -0.1) is 0 Å². The van der Waals surface area contributed by atoms with E-state index in [1.807, 2.05) is 32.9 Å². The second-order valence-electron chi connectivity index (χ2n) is 11.6. The van der Waals surface area contributed by atoms with E-state index in [2.05, 4.69) is 11.8 Å². The molecule has 3 fully saturated rings. The fourth-order valence-corrected chi connectivity index (χ4v) is 6.29. The van der Waals surface area contributed by atoms with Gasteiger partial charge in [0.1, 0.15) is 24.9 Å². The van der Waals surface area contributed by atoms with Crippen LogP contribution in [-0.4, -0.2) is 85.5 Å². The summed E-state index contributed by atoms with van der Waals surface area (Å²) in [6.45, 7) is 11.6. The summed E-state index contributed by atoms with van der Waals surface area (Å²) in [6, 6.07) is 5.15. The van der Waals surface area contributed by atoms with Crippen molar-refractivity contribution in [1.82, 2.24) is 9.80 Å². The third-order valence-corrected chi connectivity index (χ3v) is 8.09. The molecular weight excluding hydrogens is 458 g/mol. The first-order valence-electron chi connectivity index (χ1n) is 13.2. The molecule has 36 heavy (non-hydrogen) atoms. The van der Waals surface area contributed by atoms with Crippen LogP contribution in [0.25, 0.3) is 0 Å². The summed E-state index contributed by atoms with van der Waals surface area (Å²) >= 11 is 0. The van der Waals surface area contributed by atoms with Gasteiger partial charge in [-0.2, -0.15) is 0 Å². The fourth-order valence-electron chi connectivity index (χ4n) is 6.29. The Morgan fingerprint density at radius 2 is 1.92 bits per heavy atom. The smallest absolute Gasteiger partial charge is 0.249 e. The number of fused-ring (bicyclic) bond motifs is 1. The monoisotopic (exact) mass is 499 g/mol. The van der Waals surface area contributed by atoms with Gasteiger partial charge in [-0.05, 0) is 67.4 Å². The number of ketones is 1. The van der Waals surface area contributed by atoms with E-state index >= 15 is 0 Å². The highest BCUT2D eigenvalue weighted by Crippen LogP contribution is 2.42. The number of amides is 2. The summed E-state index contributed by atoms with van der Waals surface area (Å²) in [5.74, 6) is -1.12.